The van der Waals surface area contributed by atoms with Crippen LogP contribution in [0, 0.1) is 6.92 Å². The molecule has 1 aromatic carbocycles. The van der Waals surface area contributed by atoms with Crippen LogP contribution >= 0.6 is 0 Å². The summed E-state index contributed by atoms with van der Waals surface area (Å²) in [5.41, 5.74) is -0.339. The van der Waals surface area contributed by atoms with Gasteiger partial charge in [0, 0.05) is 5.69 Å². The van der Waals surface area contributed by atoms with Gasteiger partial charge in [-0.25, -0.2) is 4.98 Å². The highest BCUT2D eigenvalue weighted by atomic mass is 16.5. The lowest BCUT2D eigenvalue weighted by Gasteiger charge is -2.33. The molecule has 2 aromatic rings. The third-order valence-electron chi connectivity index (χ3n) is 3.45. The van der Waals surface area contributed by atoms with Crippen molar-refractivity contribution in [3.05, 3.63) is 48.2 Å². The van der Waals surface area contributed by atoms with Crippen LogP contribution in [0.1, 0.15) is 12.6 Å². The molecule has 0 aliphatic carbocycles. The third kappa shape index (κ3) is 2.39. The summed E-state index contributed by atoms with van der Waals surface area (Å²) in [5.74, 6) is -0.257. The Morgan fingerprint density at radius 3 is 2.77 bits per heavy atom. The molecule has 6 heteroatoms. The highest BCUT2D eigenvalue weighted by Crippen LogP contribution is 2.33. The number of aryl methyl sites for hydroxylation is 1. The quantitative estimate of drug-likeness (QED) is 0.832. The minimum Gasteiger partial charge on any atom is -0.466 e. The van der Waals surface area contributed by atoms with Crippen molar-refractivity contribution in [1.29, 1.82) is 0 Å². The predicted octanol–water partition coefficient (Wildman–Crippen LogP) is 2.12. The molecule has 0 saturated heterocycles. The minimum absolute atomic E-state index is 0.376. The Bertz CT molecular complexity index is 760. The zero-order valence-electron chi connectivity index (χ0n) is 12.2. The molecule has 0 saturated carbocycles. The highest BCUT2D eigenvalue weighted by Gasteiger charge is 2.47. The first-order valence-electron chi connectivity index (χ1n) is 6.84. The van der Waals surface area contributed by atoms with Gasteiger partial charge in [0.15, 0.2) is 0 Å². The molecule has 1 atom stereocenters. The van der Waals surface area contributed by atoms with Crippen LogP contribution in [0.5, 0.6) is 5.75 Å². The Balaban J connectivity index is 1.87. The van der Waals surface area contributed by atoms with E-state index in [-0.39, 0.29) is 0 Å². The third-order valence-corrected chi connectivity index (χ3v) is 3.45. The first kappa shape index (κ1) is 14.1. The number of nitrogens with zero attached hydrogens (tertiary/aromatic N) is 1. The van der Waals surface area contributed by atoms with E-state index in [0.29, 0.717) is 17.3 Å². The van der Waals surface area contributed by atoms with E-state index in [9.17, 15) is 9.59 Å². The van der Waals surface area contributed by atoms with Crippen molar-refractivity contribution in [3.63, 3.8) is 0 Å². The zero-order chi connectivity index (χ0) is 15.7. The molecular weight excluding hydrogens is 282 g/mol. The highest BCUT2D eigenvalue weighted by molar-refractivity contribution is 6.18. The Kier molecular flexibility index (Phi) is 3.29. The van der Waals surface area contributed by atoms with Crippen LogP contribution < -0.4 is 15.4 Å². The lowest BCUT2D eigenvalue weighted by atomic mass is 10.0. The van der Waals surface area contributed by atoms with Crippen LogP contribution in [0.15, 0.2) is 42.5 Å². The van der Waals surface area contributed by atoms with Crippen molar-refractivity contribution in [2.75, 3.05) is 10.6 Å². The topological polar surface area (TPSA) is 80.3 Å². The molecule has 1 unspecified atom stereocenters. The summed E-state index contributed by atoms with van der Waals surface area (Å²) >= 11 is 0. The lowest BCUT2D eigenvalue weighted by molar-refractivity contribution is -0.143. The Morgan fingerprint density at radius 2 is 2.00 bits per heavy atom. The average Bonchev–Trinajstić information content (AvgIpc) is 2.48. The van der Waals surface area contributed by atoms with Gasteiger partial charge in [-0.15, -0.1) is 0 Å². The zero-order valence-corrected chi connectivity index (χ0v) is 12.2. The van der Waals surface area contributed by atoms with Gasteiger partial charge in [0.1, 0.15) is 11.6 Å². The maximum Gasteiger partial charge on any atom is 0.279 e. The Morgan fingerprint density at radius 1 is 1.23 bits per heavy atom. The molecule has 6 nitrogen and oxygen atoms in total. The van der Waals surface area contributed by atoms with Gasteiger partial charge in [-0.2, -0.15) is 0 Å². The number of ether oxygens (including phenoxy) is 1. The fraction of sp³-hybridized carbons (Fsp3) is 0.188. The van der Waals surface area contributed by atoms with Gasteiger partial charge in [-0.05, 0) is 38.1 Å². The smallest absolute Gasteiger partial charge is 0.279 e. The summed E-state index contributed by atoms with van der Waals surface area (Å²) in [6.07, 6.45) is 0. The largest absolute Gasteiger partial charge is 0.466 e. The van der Waals surface area contributed by atoms with Crippen molar-refractivity contribution in [2.24, 2.45) is 0 Å². The fourth-order valence-corrected chi connectivity index (χ4v) is 2.16. The summed E-state index contributed by atoms with van der Waals surface area (Å²) in [7, 11) is 0. The van der Waals surface area contributed by atoms with Crippen LogP contribution in [-0.4, -0.2) is 22.4 Å². The molecule has 2 amide bonds. The van der Waals surface area contributed by atoms with Crippen molar-refractivity contribution < 1.29 is 14.3 Å². The maximum atomic E-state index is 12.5. The number of carbonyl (C=O) groups excluding carboxylic acids is 2. The molecular formula is C16H15N3O3. The summed E-state index contributed by atoms with van der Waals surface area (Å²) in [4.78, 5) is 28.9. The number of fused-ring (bicyclic) bond motifs is 1. The molecule has 3 rings (SSSR count). The van der Waals surface area contributed by atoms with E-state index in [1.54, 1.807) is 36.4 Å². The minimum atomic E-state index is -1.65. The number of pyridine rings is 1. The van der Waals surface area contributed by atoms with Gasteiger partial charge < -0.3 is 15.4 Å². The number of rotatable bonds is 2. The Labute approximate surface area is 127 Å². The second kappa shape index (κ2) is 5.14. The molecule has 0 bridgehead atoms. The standard InChI is InChI=1S/C16H15N3O3/c1-10-6-5-9-13(17-10)19-15(21)16(2)14(20)18-11-7-3-4-8-12(11)22-16/h3-9H,1-2H3,(H,18,20)(H,17,19,21). The summed E-state index contributed by atoms with van der Waals surface area (Å²) in [5, 5.41) is 5.30. The lowest BCUT2D eigenvalue weighted by Crippen LogP contribution is -2.56. The van der Waals surface area contributed by atoms with Gasteiger partial charge in [0.2, 0.25) is 0 Å². The summed E-state index contributed by atoms with van der Waals surface area (Å²) in [6.45, 7) is 3.25. The van der Waals surface area contributed by atoms with E-state index in [0.717, 1.165) is 5.69 Å². The van der Waals surface area contributed by atoms with Crippen LogP contribution in [0.4, 0.5) is 11.5 Å². The van der Waals surface area contributed by atoms with Gasteiger partial charge >= 0.3 is 0 Å². The van der Waals surface area contributed by atoms with Crippen molar-refractivity contribution in [3.8, 4) is 5.75 Å². The number of anilines is 2. The van der Waals surface area contributed by atoms with E-state index >= 15 is 0 Å². The van der Waals surface area contributed by atoms with Crippen LogP contribution in [-0.2, 0) is 9.59 Å². The Hall–Kier alpha value is -2.89. The van der Waals surface area contributed by atoms with Gasteiger partial charge in [0.05, 0.1) is 5.69 Å². The predicted molar refractivity (Wildman–Crippen MR) is 81.7 cm³/mol. The second-order valence-corrected chi connectivity index (χ2v) is 5.20. The molecule has 2 N–H and O–H groups in total. The first-order chi connectivity index (χ1) is 10.5. The molecule has 2 heterocycles. The van der Waals surface area contributed by atoms with E-state index in [2.05, 4.69) is 15.6 Å². The monoisotopic (exact) mass is 297 g/mol. The van der Waals surface area contributed by atoms with Crippen LogP contribution in [0.2, 0.25) is 0 Å². The molecule has 0 fully saturated rings. The second-order valence-electron chi connectivity index (χ2n) is 5.20. The van der Waals surface area contributed by atoms with Crippen LogP contribution in [0.3, 0.4) is 0 Å². The van der Waals surface area contributed by atoms with Crippen LogP contribution in [0.25, 0.3) is 0 Å². The molecule has 1 aromatic heterocycles. The number of carbonyl (C=O) groups is 2. The molecule has 0 spiro atoms. The average molecular weight is 297 g/mol. The van der Waals surface area contributed by atoms with Crippen molar-refractivity contribution in [2.45, 2.75) is 19.4 Å². The number of hydrogen-bond donors (Lipinski definition) is 2. The van der Waals surface area contributed by atoms with Crippen molar-refractivity contribution >= 4 is 23.3 Å². The number of nitrogens with one attached hydrogen (secondary N) is 2. The number of benzene rings is 1. The molecule has 1 aliphatic rings. The number of para-hydroxylation sites is 2. The first-order valence-corrected chi connectivity index (χ1v) is 6.84. The number of hydrogen-bond acceptors (Lipinski definition) is 4. The van der Waals surface area contributed by atoms with Gasteiger partial charge in [0.25, 0.3) is 17.4 Å². The van der Waals surface area contributed by atoms with Crippen molar-refractivity contribution in [1.82, 2.24) is 4.98 Å². The van der Waals surface area contributed by atoms with E-state index in [1.165, 1.54) is 6.92 Å². The van der Waals surface area contributed by atoms with E-state index < -0.39 is 17.4 Å². The van der Waals surface area contributed by atoms with E-state index in [4.69, 9.17) is 4.74 Å². The number of amides is 2. The normalized spacial score (nSPS) is 19.6. The van der Waals surface area contributed by atoms with Gasteiger partial charge in [-0.1, -0.05) is 18.2 Å². The molecule has 22 heavy (non-hydrogen) atoms. The SMILES string of the molecule is Cc1cccc(NC(=O)C2(C)Oc3ccccc3NC2=O)n1. The van der Waals surface area contributed by atoms with E-state index in [1.807, 2.05) is 13.0 Å². The summed E-state index contributed by atoms with van der Waals surface area (Å²) < 4.78 is 5.64. The number of aromatic nitrogens is 1. The molecule has 1 aliphatic heterocycles. The summed E-state index contributed by atoms with van der Waals surface area (Å²) in [6, 6.07) is 12.2. The maximum absolute atomic E-state index is 12.5. The van der Waals surface area contributed by atoms with Gasteiger partial charge in [-0.3, -0.25) is 9.59 Å². The molecule has 0 radical (unpaired) electrons. The fourth-order valence-electron chi connectivity index (χ4n) is 2.16. The molecule has 112 valence electrons.